The molecule has 0 radical (unpaired) electrons. The van der Waals surface area contributed by atoms with Crippen molar-refractivity contribution in [3.63, 3.8) is 0 Å². The molecule has 0 spiro atoms. The molecule has 0 unspecified atom stereocenters. The van der Waals surface area contributed by atoms with Crippen molar-refractivity contribution in [3.05, 3.63) is 70.6 Å². The lowest BCUT2D eigenvalue weighted by Gasteiger charge is -2.19. The van der Waals surface area contributed by atoms with Gasteiger partial charge in [0.2, 0.25) is 0 Å². The molecule has 0 aliphatic heterocycles. The summed E-state index contributed by atoms with van der Waals surface area (Å²) in [5.41, 5.74) is 2.77. The summed E-state index contributed by atoms with van der Waals surface area (Å²) in [6.45, 7) is 5.88. The van der Waals surface area contributed by atoms with Crippen LogP contribution >= 0.6 is 11.3 Å². The first-order chi connectivity index (χ1) is 15.6. The lowest BCUT2D eigenvalue weighted by Crippen LogP contribution is -2.31. The second-order valence-electron chi connectivity index (χ2n) is 7.76. The van der Waals surface area contributed by atoms with Gasteiger partial charge in [-0.15, -0.1) is 17.9 Å². The number of hydrogen-bond acceptors (Lipinski definition) is 6. The van der Waals surface area contributed by atoms with Gasteiger partial charge in [-0.25, -0.2) is 14.4 Å². The molecule has 0 saturated carbocycles. The number of aryl methyl sites for hydroxylation is 3. The maximum atomic E-state index is 14.5. The lowest BCUT2D eigenvalue weighted by atomic mass is 10.0. The first kappa shape index (κ1) is 20.5. The Kier molecular flexibility index (Phi) is 5.30. The van der Waals surface area contributed by atoms with Gasteiger partial charge in [0.15, 0.2) is 5.13 Å². The van der Waals surface area contributed by atoms with Gasteiger partial charge in [0.25, 0.3) is 11.6 Å². The van der Waals surface area contributed by atoms with E-state index in [0.717, 1.165) is 31.4 Å². The Morgan fingerprint density at radius 1 is 1.28 bits per heavy atom. The number of fused-ring (bicyclic) bond motifs is 2. The average Bonchev–Trinajstić information content (AvgIpc) is 3.40. The van der Waals surface area contributed by atoms with Crippen LogP contribution in [-0.4, -0.2) is 27.6 Å². The molecule has 4 aromatic rings. The smallest absolute Gasteiger partial charge is 0.261 e. The Hall–Kier alpha value is -3.39. The predicted octanol–water partition coefficient (Wildman–Crippen LogP) is 5.51. The number of anilines is 1. The van der Waals surface area contributed by atoms with Crippen LogP contribution in [-0.2, 0) is 12.8 Å². The van der Waals surface area contributed by atoms with Gasteiger partial charge < -0.3 is 4.52 Å². The average molecular weight is 449 g/mol. The van der Waals surface area contributed by atoms with Crippen molar-refractivity contribution >= 4 is 33.5 Å². The molecule has 0 N–H and O–H groups in total. The van der Waals surface area contributed by atoms with Crippen LogP contribution in [0.4, 0.5) is 9.52 Å². The molecule has 1 aromatic carbocycles. The zero-order valence-corrected chi connectivity index (χ0v) is 18.4. The van der Waals surface area contributed by atoms with Crippen LogP contribution in [0.2, 0.25) is 0 Å². The zero-order valence-electron chi connectivity index (χ0n) is 17.6. The maximum absolute atomic E-state index is 14.5. The normalized spacial score (nSPS) is 13.2. The van der Waals surface area contributed by atoms with Crippen molar-refractivity contribution in [1.29, 1.82) is 0 Å². The number of pyridine rings is 1. The highest BCUT2D eigenvalue weighted by Crippen LogP contribution is 2.34. The van der Waals surface area contributed by atoms with Gasteiger partial charge >= 0.3 is 0 Å². The number of hydrogen-bond donors (Lipinski definition) is 0. The molecule has 3 heterocycles. The third-order valence-electron chi connectivity index (χ3n) is 5.62. The number of amides is 1. The number of rotatable bonds is 5. The van der Waals surface area contributed by atoms with Crippen LogP contribution in [0.3, 0.4) is 0 Å². The van der Waals surface area contributed by atoms with E-state index in [1.807, 2.05) is 0 Å². The minimum absolute atomic E-state index is 0.198. The van der Waals surface area contributed by atoms with Crippen molar-refractivity contribution in [2.24, 2.45) is 0 Å². The second kappa shape index (κ2) is 8.27. The van der Waals surface area contributed by atoms with Crippen molar-refractivity contribution in [1.82, 2.24) is 15.1 Å². The third kappa shape index (κ3) is 3.50. The van der Waals surface area contributed by atoms with Crippen LogP contribution in [0, 0.1) is 12.7 Å². The van der Waals surface area contributed by atoms with Gasteiger partial charge in [0.05, 0.1) is 28.0 Å². The van der Waals surface area contributed by atoms with Crippen molar-refractivity contribution < 1.29 is 13.7 Å². The second-order valence-corrected chi connectivity index (χ2v) is 8.82. The third-order valence-corrected chi connectivity index (χ3v) is 6.80. The quantitative estimate of drug-likeness (QED) is 0.377. The maximum Gasteiger partial charge on any atom is 0.261 e. The van der Waals surface area contributed by atoms with Gasteiger partial charge in [-0.1, -0.05) is 23.4 Å². The monoisotopic (exact) mass is 448 g/mol. The number of thiazole rings is 1. The van der Waals surface area contributed by atoms with Crippen molar-refractivity contribution in [2.75, 3.05) is 11.4 Å². The zero-order chi connectivity index (χ0) is 22.2. The van der Waals surface area contributed by atoms with E-state index in [9.17, 15) is 9.18 Å². The van der Waals surface area contributed by atoms with E-state index in [1.54, 1.807) is 53.5 Å². The topological polar surface area (TPSA) is 72.1 Å². The molecule has 162 valence electrons. The fourth-order valence-corrected chi connectivity index (χ4v) is 5.20. The van der Waals surface area contributed by atoms with E-state index in [4.69, 9.17) is 9.51 Å². The summed E-state index contributed by atoms with van der Waals surface area (Å²) in [5, 5.41) is 5.16. The molecule has 0 saturated heterocycles. The fraction of sp³-hybridized carbons (Fsp3) is 0.250. The standard InChI is InChI=1S/C24H21FN4O2S/c1-3-12-29(24-27-18-10-6-7-11-20(18)32-24)23(30)16-13-19(15-8-4-5-9-17(15)25)26-22-21(16)14(2)28-31-22/h3-5,8-9,13H,1,6-7,10-12H2,2H3. The van der Waals surface area contributed by atoms with Gasteiger partial charge in [-0.3, -0.25) is 9.69 Å². The summed E-state index contributed by atoms with van der Waals surface area (Å²) in [4.78, 5) is 25.9. The Labute approximate surface area is 188 Å². The molecule has 0 atom stereocenters. The Morgan fingerprint density at radius 2 is 2.09 bits per heavy atom. The van der Waals surface area contributed by atoms with Crippen LogP contribution in [0.5, 0.6) is 0 Å². The van der Waals surface area contributed by atoms with Crippen LogP contribution in [0.1, 0.15) is 39.5 Å². The Bertz CT molecular complexity index is 1320. The summed E-state index contributed by atoms with van der Waals surface area (Å²) >= 11 is 1.55. The van der Waals surface area contributed by atoms with E-state index in [-0.39, 0.29) is 17.2 Å². The van der Waals surface area contributed by atoms with Gasteiger partial charge in [-0.2, -0.15) is 0 Å². The summed E-state index contributed by atoms with van der Waals surface area (Å²) in [6.07, 6.45) is 5.85. The van der Waals surface area contributed by atoms with E-state index >= 15 is 0 Å². The molecular formula is C24H21FN4O2S. The molecule has 1 aliphatic rings. The van der Waals surface area contributed by atoms with Crippen LogP contribution < -0.4 is 4.90 Å². The van der Waals surface area contributed by atoms with E-state index in [2.05, 4.69) is 16.7 Å². The number of carbonyl (C=O) groups is 1. The SMILES string of the molecule is C=CCN(C(=O)c1cc(-c2ccccc2F)nc2onc(C)c12)c1nc2c(s1)CCCC2. The fourth-order valence-electron chi connectivity index (χ4n) is 4.05. The molecule has 8 heteroatoms. The van der Waals surface area contributed by atoms with Gasteiger partial charge in [0, 0.05) is 17.0 Å². The van der Waals surface area contributed by atoms with Crippen LogP contribution in [0.25, 0.3) is 22.4 Å². The molecule has 0 fully saturated rings. The van der Waals surface area contributed by atoms with Gasteiger partial charge in [0.1, 0.15) is 5.82 Å². The molecule has 5 rings (SSSR count). The summed E-state index contributed by atoms with van der Waals surface area (Å²) in [6, 6.07) is 7.92. The Morgan fingerprint density at radius 3 is 2.88 bits per heavy atom. The predicted molar refractivity (Wildman–Crippen MR) is 123 cm³/mol. The lowest BCUT2D eigenvalue weighted by molar-refractivity contribution is 0.0991. The Balaban J connectivity index is 1.65. The minimum Gasteiger partial charge on any atom is -0.335 e. The number of aromatic nitrogens is 3. The summed E-state index contributed by atoms with van der Waals surface area (Å²) < 4.78 is 19.9. The van der Waals surface area contributed by atoms with Gasteiger partial charge in [-0.05, 0) is 50.8 Å². The van der Waals surface area contributed by atoms with Crippen LogP contribution in [0.15, 0.2) is 47.5 Å². The number of nitrogens with zero attached hydrogens (tertiary/aromatic N) is 4. The number of benzene rings is 1. The van der Waals surface area contributed by atoms with E-state index in [0.29, 0.717) is 34.0 Å². The molecule has 1 amide bonds. The van der Waals surface area contributed by atoms with E-state index < -0.39 is 5.82 Å². The highest BCUT2D eigenvalue weighted by Gasteiger charge is 2.27. The highest BCUT2D eigenvalue weighted by molar-refractivity contribution is 7.16. The molecule has 1 aliphatic carbocycles. The van der Waals surface area contributed by atoms with E-state index in [1.165, 1.54) is 10.9 Å². The molecule has 0 bridgehead atoms. The highest BCUT2D eigenvalue weighted by atomic mass is 32.1. The minimum atomic E-state index is -0.426. The molecule has 3 aromatic heterocycles. The first-order valence-electron chi connectivity index (χ1n) is 10.5. The molecular weight excluding hydrogens is 427 g/mol. The first-order valence-corrected chi connectivity index (χ1v) is 11.3. The largest absolute Gasteiger partial charge is 0.335 e. The molecule has 32 heavy (non-hydrogen) atoms. The summed E-state index contributed by atoms with van der Waals surface area (Å²) in [7, 11) is 0. The number of carbonyl (C=O) groups excluding carboxylic acids is 1. The number of halogens is 1. The summed E-state index contributed by atoms with van der Waals surface area (Å²) in [5.74, 6) is -0.697. The molecule has 6 nitrogen and oxygen atoms in total. The van der Waals surface area contributed by atoms with Crippen molar-refractivity contribution in [2.45, 2.75) is 32.6 Å². The van der Waals surface area contributed by atoms with Crippen molar-refractivity contribution in [3.8, 4) is 11.3 Å².